The average Bonchev–Trinajstić information content (AvgIpc) is 3.09. The first-order valence-corrected chi connectivity index (χ1v) is 12.5. The van der Waals surface area contributed by atoms with E-state index in [1.165, 1.54) is 9.80 Å². The van der Waals surface area contributed by atoms with E-state index in [2.05, 4.69) is 5.32 Å². The van der Waals surface area contributed by atoms with Crippen molar-refractivity contribution in [2.45, 2.75) is 52.1 Å². The number of nitrogens with one attached hydrogen (secondary N) is 1. The Balaban J connectivity index is 1.72. The average molecular weight is 518 g/mol. The van der Waals surface area contributed by atoms with Gasteiger partial charge in [0.1, 0.15) is 6.04 Å². The van der Waals surface area contributed by atoms with E-state index >= 15 is 0 Å². The Labute approximate surface area is 215 Å². The summed E-state index contributed by atoms with van der Waals surface area (Å²) < 4.78 is 0. The van der Waals surface area contributed by atoms with Crippen molar-refractivity contribution in [3.8, 4) is 0 Å². The summed E-state index contributed by atoms with van der Waals surface area (Å²) in [6, 6.07) is 11.1. The second kappa shape index (κ2) is 12.2. The molecule has 0 fully saturated rings. The summed E-state index contributed by atoms with van der Waals surface area (Å²) in [4.78, 5) is 54.1. The SMILES string of the molecule is CCCNC(=O)C(CC)N(Cc1ccc(Cl)c(Cl)c1)C(=O)CCCN1C(=O)c2ccccc2C1=O. The van der Waals surface area contributed by atoms with Crippen molar-refractivity contribution in [3.63, 3.8) is 0 Å². The highest BCUT2D eigenvalue weighted by atomic mass is 35.5. The Kier molecular flexibility index (Phi) is 9.29. The van der Waals surface area contributed by atoms with Crippen molar-refractivity contribution in [3.05, 3.63) is 69.2 Å². The highest BCUT2D eigenvalue weighted by Gasteiger charge is 2.35. The summed E-state index contributed by atoms with van der Waals surface area (Å²) >= 11 is 12.2. The van der Waals surface area contributed by atoms with Crippen LogP contribution < -0.4 is 5.32 Å². The van der Waals surface area contributed by atoms with Crippen LogP contribution in [0, 0.1) is 0 Å². The van der Waals surface area contributed by atoms with Crippen molar-refractivity contribution in [1.82, 2.24) is 15.1 Å². The molecule has 1 atom stereocenters. The molecular weight excluding hydrogens is 489 g/mol. The Bertz CT molecular complexity index is 1090. The van der Waals surface area contributed by atoms with Gasteiger partial charge in [-0.3, -0.25) is 24.1 Å². The van der Waals surface area contributed by atoms with E-state index in [4.69, 9.17) is 23.2 Å². The molecule has 0 aliphatic carbocycles. The Morgan fingerprint density at radius 2 is 1.66 bits per heavy atom. The molecule has 4 amide bonds. The summed E-state index contributed by atoms with van der Waals surface area (Å²) in [5, 5.41) is 3.64. The maximum Gasteiger partial charge on any atom is 0.261 e. The van der Waals surface area contributed by atoms with E-state index in [0.717, 1.165) is 12.0 Å². The van der Waals surface area contributed by atoms with Gasteiger partial charge in [-0.05, 0) is 49.1 Å². The highest BCUT2D eigenvalue weighted by Crippen LogP contribution is 2.25. The third-order valence-electron chi connectivity index (χ3n) is 5.92. The van der Waals surface area contributed by atoms with Gasteiger partial charge in [-0.25, -0.2) is 0 Å². The van der Waals surface area contributed by atoms with Crippen molar-refractivity contribution in [2.24, 2.45) is 0 Å². The van der Waals surface area contributed by atoms with Gasteiger partial charge in [-0.15, -0.1) is 0 Å². The molecule has 35 heavy (non-hydrogen) atoms. The minimum atomic E-state index is -0.664. The molecule has 3 rings (SSSR count). The van der Waals surface area contributed by atoms with Gasteiger partial charge in [0.2, 0.25) is 11.8 Å². The van der Waals surface area contributed by atoms with Crippen LogP contribution in [0.15, 0.2) is 42.5 Å². The fraction of sp³-hybridized carbons (Fsp3) is 0.385. The predicted molar refractivity (Wildman–Crippen MR) is 135 cm³/mol. The number of hydrogen-bond donors (Lipinski definition) is 1. The fourth-order valence-electron chi connectivity index (χ4n) is 4.09. The van der Waals surface area contributed by atoms with Crippen LogP contribution in [0.4, 0.5) is 0 Å². The molecule has 0 spiro atoms. The van der Waals surface area contributed by atoms with Crippen LogP contribution in [0.2, 0.25) is 10.0 Å². The number of amides is 4. The van der Waals surface area contributed by atoms with Crippen LogP contribution in [0.1, 0.15) is 65.8 Å². The summed E-state index contributed by atoms with van der Waals surface area (Å²) in [7, 11) is 0. The van der Waals surface area contributed by atoms with Crippen LogP contribution in [0.3, 0.4) is 0 Å². The van der Waals surface area contributed by atoms with Crippen molar-refractivity contribution >= 4 is 46.8 Å². The molecule has 7 nitrogen and oxygen atoms in total. The molecule has 1 aliphatic heterocycles. The van der Waals surface area contributed by atoms with Crippen LogP contribution in [-0.4, -0.2) is 52.6 Å². The van der Waals surface area contributed by atoms with Crippen LogP contribution in [0.5, 0.6) is 0 Å². The molecule has 1 aliphatic rings. The van der Waals surface area contributed by atoms with Crippen LogP contribution in [-0.2, 0) is 16.1 Å². The number of nitrogens with zero attached hydrogens (tertiary/aromatic N) is 2. The quantitative estimate of drug-likeness (QED) is 0.437. The number of imide groups is 1. The zero-order valence-electron chi connectivity index (χ0n) is 19.9. The third kappa shape index (κ3) is 6.21. The monoisotopic (exact) mass is 517 g/mol. The van der Waals surface area contributed by atoms with E-state index in [0.29, 0.717) is 34.1 Å². The first-order chi connectivity index (χ1) is 16.8. The lowest BCUT2D eigenvalue weighted by molar-refractivity contribution is -0.141. The van der Waals surface area contributed by atoms with E-state index in [1.807, 2.05) is 13.8 Å². The molecule has 0 radical (unpaired) electrons. The normalized spacial score (nSPS) is 13.5. The molecule has 186 valence electrons. The Morgan fingerprint density at radius 3 is 2.23 bits per heavy atom. The summed E-state index contributed by atoms with van der Waals surface area (Å²) in [6.45, 7) is 4.63. The lowest BCUT2D eigenvalue weighted by Crippen LogP contribution is -2.49. The van der Waals surface area contributed by atoms with Crippen LogP contribution in [0.25, 0.3) is 0 Å². The molecule has 1 heterocycles. The van der Waals surface area contributed by atoms with Crippen LogP contribution >= 0.6 is 23.2 Å². The van der Waals surface area contributed by atoms with E-state index in [9.17, 15) is 19.2 Å². The third-order valence-corrected chi connectivity index (χ3v) is 6.66. The van der Waals surface area contributed by atoms with E-state index in [-0.39, 0.29) is 49.6 Å². The zero-order chi connectivity index (χ0) is 25.5. The minimum absolute atomic E-state index is 0.0757. The molecule has 1 N–H and O–H groups in total. The lowest BCUT2D eigenvalue weighted by atomic mass is 10.1. The second-order valence-electron chi connectivity index (χ2n) is 8.40. The molecule has 1 unspecified atom stereocenters. The largest absolute Gasteiger partial charge is 0.354 e. The molecule has 2 aromatic carbocycles. The van der Waals surface area contributed by atoms with Crippen molar-refractivity contribution in [1.29, 1.82) is 0 Å². The lowest BCUT2D eigenvalue weighted by Gasteiger charge is -2.31. The van der Waals surface area contributed by atoms with Gasteiger partial charge in [-0.2, -0.15) is 0 Å². The first kappa shape index (κ1) is 26.7. The maximum absolute atomic E-state index is 13.3. The topological polar surface area (TPSA) is 86.8 Å². The number of hydrogen-bond acceptors (Lipinski definition) is 4. The fourth-order valence-corrected chi connectivity index (χ4v) is 4.42. The molecule has 0 bridgehead atoms. The summed E-state index contributed by atoms with van der Waals surface area (Å²) in [5.74, 6) is -1.17. The number of fused-ring (bicyclic) bond motifs is 1. The van der Waals surface area contributed by atoms with Gasteiger partial charge in [0.15, 0.2) is 0 Å². The van der Waals surface area contributed by atoms with Gasteiger partial charge >= 0.3 is 0 Å². The first-order valence-electron chi connectivity index (χ1n) is 11.7. The van der Waals surface area contributed by atoms with Gasteiger partial charge in [-0.1, -0.05) is 55.2 Å². The smallest absolute Gasteiger partial charge is 0.261 e. The van der Waals surface area contributed by atoms with Gasteiger partial charge in [0.05, 0.1) is 21.2 Å². The highest BCUT2D eigenvalue weighted by molar-refractivity contribution is 6.42. The van der Waals surface area contributed by atoms with Gasteiger partial charge in [0, 0.05) is 26.1 Å². The minimum Gasteiger partial charge on any atom is -0.354 e. The second-order valence-corrected chi connectivity index (χ2v) is 9.21. The maximum atomic E-state index is 13.3. The molecular formula is C26H29Cl2N3O4. The molecule has 0 saturated carbocycles. The zero-order valence-corrected chi connectivity index (χ0v) is 21.4. The molecule has 0 saturated heterocycles. The van der Waals surface area contributed by atoms with Gasteiger partial charge in [0.25, 0.3) is 11.8 Å². The Hall–Kier alpha value is -2.90. The Morgan fingerprint density at radius 1 is 1.00 bits per heavy atom. The number of halogens is 2. The molecule has 2 aromatic rings. The van der Waals surface area contributed by atoms with Crippen molar-refractivity contribution in [2.75, 3.05) is 13.1 Å². The standard InChI is InChI=1S/C26H29Cl2N3O4/c1-3-13-29-24(33)22(4-2)31(16-17-11-12-20(27)21(28)15-17)23(32)10-7-14-30-25(34)18-8-5-6-9-19(18)26(30)35/h5-6,8-9,11-12,15,22H,3-4,7,10,13-14,16H2,1-2H3,(H,29,33). The number of rotatable bonds is 11. The van der Waals surface area contributed by atoms with E-state index in [1.54, 1.807) is 42.5 Å². The van der Waals surface area contributed by atoms with Gasteiger partial charge < -0.3 is 10.2 Å². The predicted octanol–water partition coefficient (Wildman–Crippen LogP) is 4.70. The summed E-state index contributed by atoms with van der Waals surface area (Å²) in [6.07, 6.45) is 1.58. The molecule has 0 aromatic heterocycles. The summed E-state index contributed by atoms with van der Waals surface area (Å²) in [5.41, 5.74) is 1.50. The van der Waals surface area contributed by atoms with Crippen molar-refractivity contribution < 1.29 is 19.2 Å². The number of benzene rings is 2. The number of carbonyl (C=O) groups excluding carboxylic acids is 4. The molecule has 9 heteroatoms. The van der Waals surface area contributed by atoms with E-state index < -0.39 is 6.04 Å². The number of carbonyl (C=O) groups is 4.